The molecule has 0 aliphatic heterocycles. The predicted molar refractivity (Wildman–Crippen MR) is 77.6 cm³/mol. The molecule has 1 aromatic heterocycles. The maximum absolute atomic E-state index is 11.8. The number of benzene rings is 1. The van der Waals surface area contributed by atoms with Gasteiger partial charge in [-0.2, -0.15) is 5.10 Å². The fourth-order valence-corrected chi connectivity index (χ4v) is 2.36. The average Bonchev–Trinajstić information content (AvgIpc) is 2.67. The van der Waals surface area contributed by atoms with Crippen LogP contribution in [0.4, 0.5) is 0 Å². The van der Waals surface area contributed by atoms with Crippen molar-refractivity contribution < 1.29 is 4.79 Å². The molecule has 0 fully saturated rings. The van der Waals surface area contributed by atoms with Crippen molar-refractivity contribution >= 4 is 17.4 Å². The van der Waals surface area contributed by atoms with Gasteiger partial charge in [-0.1, -0.05) is 6.07 Å². The van der Waals surface area contributed by atoms with Gasteiger partial charge in [0.05, 0.1) is 28.5 Å². The standard InChI is InChI=1S/C15H17ClN2O/c1-9-5-6-13(7-10(9)2)18-12(4)15(11(3)17-18)14(19)8-16/h5-7H,8H2,1-4H3. The Kier molecular flexibility index (Phi) is 3.76. The summed E-state index contributed by atoms with van der Waals surface area (Å²) in [4.78, 5) is 11.8. The first-order valence-corrected chi connectivity index (χ1v) is 6.72. The monoisotopic (exact) mass is 276 g/mol. The summed E-state index contributed by atoms with van der Waals surface area (Å²) in [5, 5.41) is 4.46. The van der Waals surface area contributed by atoms with Gasteiger partial charge in [-0.15, -0.1) is 11.6 Å². The number of Topliss-reactive ketones (excluding diaryl/α,β-unsaturated/α-hetero) is 1. The van der Waals surface area contributed by atoms with Gasteiger partial charge in [0.1, 0.15) is 0 Å². The van der Waals surface area contributed by atoms with Crippen LogP contribution in [0.25, 0.3) is 5.69 Å². The third kappa shape index (κ3) is 2.43. The van der Waals surface area contributed by atoms with Crippen LogP contribution in [0, 0.1) is 27.7 Å². The molecule has 0 unspecified atom stereocenters. The van der Waals surface area contributed by atoms with Gasteiger partial charge in [0.15, 0.2) is 5.78 Å². The summed E-state index contributed by atoms with van der Waals surface area (Å²) in [6.07, 6.45) is 0. The Morgan fingerprint density at radius 2 is 1.89 bits per heavy atom. The minimum atomic E-state index is -0.0771. The Hall–Kier alpha value is -1.61. The second-order valence-electron chi connectivity index (χ2n) is 4.78. The molecule has 19 heavy (non-hydrogen) atoms. The van der Waals surface area contributed by atoms with Crippen LogP contribution in [-0.4, -0.2) is 21.4 Å². The smallest absolute Gasteiger partial charge is 0.181 e. The second kappa shape index (κ2) is 5.17. The molecular formula is C15H17ClN2O. The molecule has 0 atom stereocenters. The van der Waals surface area contributed by atoms with Gasteiger partial charge in [-0.3, -0.25) is 4.79 Å². The van der Waals surface area contributed by atoms with E-state index in [9.17, 15) is 4.79 Å². The summed E-state index contributed by atoms with van der Waals surface area (Å²) in [5.41, 5.74) is 5.61. The number of hydrogen-bond acceptors (Lipinski definition) is 2. The Morgan fingerprint density at radius 1 is 1.21 bits per heavy atom. The number of alkyl halides is 1. The van der Waals surface area contributed by atoms with Crippen molar-refractivity contribution in [2.24, 2.45) is 0 Å². The highest BCUT2D eigenvalue weighted by Crippen LogP contribution is 2.20. The van der Waals surface area contributed by atoms with E-state index in [0.717, 1.165) is 17.1 Å². The summed E-state index contributed by atoms with van der Waals surface area (Å²) in [5.74, 6) is -0.0907. The van der Waals surface area contributed by atoms with Gasteiger partial charge >= 0.3 is 0 Å². The van der Waals surface area contributed by atoms with Crippen LogP contribution in [0.15, 0.2) is 18.2 Å². The molecule has 1 aromatic carbocycles. The Morgan fingerprint density at radius 3 is 2.47 bits per heavy atom. The Balaban J connectivity index is 2.57. The minimum Gasteiger partial charge on any atom is -0.293 e. The Bertz CT molecular complexity index is 644. The molecule has 0 amide bonds. The van der Waals surface area contributed by atoms with Gasteiger partial charge in [0.2, 0.25) is 0 Å². The normalized spacial score (nSPS) is 10.8. The van der Waals surface area contributed by atoms with E-state index in [1.807, 2.05) is 24.6 Å². The number of ketones is 1. The molecule has 2 aromatic rings. The number of aromatic nitrogens is 2. The van der Waals surface area contributed by atoms with Crippen molar-refractivity contribution in [2.45, 2.75) is 27.7 Å². The van der Waals surface area contributed by atoms with E-state index in [-0.39, 0.29) is 11.7 Å². The molecule has 0 spiro atoms. The van der Waals surface area contributed by atoms with Gasteiger partial charge in [-0.25, -0.2) is 4.68 Å². The highest BCUT2D eigenvalue weighted by molar-refractivity contribution is 6.30. The first-order valence-electron chi connectivity index (χ1n) is 6.18. The van der Waals surface area contributed by atoms with E-state index >= 15 is 0 Å². The van der Waals surface area contributed by atoms with E-state index in [1.54, 1.807) is 0 Å². The van der Waals surface area contributed by atoms with Gasteiger partial charge in [0.25, 0.3) is 0 Å². The van der Waals surface area contributed by atoms with Crippen LogP contribution in [0.5, 0.6) is 0 Å². The van der Waals surface area contributed by atoms with E-state index < -0.39 is 0 Å². The highest BCUT2D eigenvalue weighted by atomic mass is 35.5. The quantitative estimate of drug-likeness (QED) is 0.635. The molecule has 100 valence electrons. The highest BCUT2D eigenvalue weighted by Gasteiger charge is 2.18. The number of aryl methyl sites for hydroxylation is 3. The topological polar surface area (TPSA) is 34.9 Å². The molecule has 2 rings (SSSR count). The largest absolute Gasteiger partial charge is 0.293 e. The lowest BCUT2D eigenvalue weighted by atomic mass is 10.1. The molecular weight excluding hydrogens is 260 g/mol. The molecule has 1 heterocycles. The lowest BCUT2D eigenvalue weighted by Gasteiger charge is -2.07. The first kappa shape index (κ1) is 13.8. The summed E-state index contributed by atoms with van der Waals surface area (Å²) in [7, 11) is 0. The van der Waals surface area contributed by atoms with E-state index in [1.165, 1.54) is 11.1 Å². The van der Waals surface area contributed by atoms with Crippen LogP contribution < -0.4 is 0 Å². The zero-order valence-electron chi connectivity index (χ0n) is 11.6. The molecule has 0 radical (unpaired) electrons. The molecule has 3 nitrogen and oxygen atoms in total. The zero-order chi connectivity index (χ0) is 14.2. The fraction of sp³-hybridized carbons (Fsp3) is 0.333. The molecule has 0 saturated heterocycles. The maximum Gasteiger partial charge on any atom is 0.181 e. The van der Waals surface area contributed by atoms with Crippen molar-refractivity contribution in [3.8, 4) is 5.69 Å². The van der Waals surface area contributed by atoms with Crippen LogP contribution in [0.2, 0.25) is 0 Å². The van der Waals surface area contributed by atoms with E-state index in [2.05, 4.69) is 31.1 Å². The number of halogens is 1. The first-order chi connectivity index (χ1) is 8.95. The van der Waals surface area contributed by atoms with Crippen LogP contribution >= 0.6 is 11.6 Å². The number of carbonyl (C=O) groups excluding carboxylic acids is 1. The van der Waals surface area contributed by atoms with Gasteiger partial charge < -0.3 is 0 Å². The van der Waals surface area contributed by atoms with Crippen LogP contribution in [-0.2, 0) is 0 Å². The van der Waals surface area contributed by atoms with Crippen molar-refractivity contribution in [1.29, 1.82) is 0 Å². The third-order valence-corrected chi connectivity index (χ3v) is 3.67. The average molecular weight is 277 g/mol. The lowest BCUT2D eigenvalue weighted by Crippen LogP contribution is -2.05. The minimum absolute atomic E-state index is 0.0136. The molecule has 4 heteroatoms. The molecule has 0 bridgehead atoms. The van der Waals surface area contributed by atoms with E-state index in [0.29, 0.717) is 5.56 Å². The van der Waals surface area contributed by atoms with Crippen molar-refractivity contribution in [1.82, 2.24) is 9.78 Å². The Labute approximate surface area is 118 Å². The summed E-state index contributed by atoms with van der Waals surface area (Å²) >= 11 is 5.65. The molecule has 0 aliphatic rings. The van der Waals surface area contributed by atoms with Crippen molar-refractivity contribution in [2.75, 3.05) is 5.88 Å². The summed E-state index contributed by atoms with van der Waals surface area (Å²) < 4.78 is 1.81. The van der Waals surface area contributed by atoms with Crippen molar-refractivity contribution in [3.63, 3.8) is 0 Å². The van der Waals surface area contributed by atoms with Crippen molar-refractivity contribution in [3.05, 3.63) is 46.3 Å². The summed E-state index contributed by atoms with van der Waals surface area (Å²) in [6, 6.07) is 6.14. The molecule has 0 saturated carbocycles. The van der Waals surface area contributed by atoms with Gasteiger partial charge in [-0.05, 0) is 51.0 Å². The van der Waals surface area contributed by atoms with Crippen LogP contribution in [0.3, 0.4) is 0 Å². The molecule has 0 aliphatic carbocycles. The zero-order valence-corrected chi connectivity index (χ0v) is 12.4. The third-order valence-electron chi connectivity index (χ3n) is 3.43. The van der Waals surface area contributed by atoms with Gasteiger partial charge in [0, 0.05) is 0 Å². The number of hydrogen-bond donors (Lipinski definition) is 0. The number of carbonyl (C=O) groups is 1. The lowest BCUT2D eigenvalue weighted by molar-refractivity contribution is 0.102. The van der Waals surface area contributed by atoms with Crippen LogP contribution in [0.1, 0.15) is 32.9 Å². The maximum atomic E-state index is 11.8. The summed E-state index contributed by atoms with van der Waals surface area (Å²) in [6.45, 7) is 7.87. The second-order valence-corrected chi connectivity index (χ2v) is 5.05. The predicted octanol–water partition coefficient (Wildman–Crippen LogP) is 3.53. The fourth-order valence-electron chi connectivity index (χ4n) is 2.22. The number of rotatable bonds is 3. The molecule has 0 N–H and O–H groups in total. The SMILES string of the molecule is Cc1ccc(-n2nc(C)c(C(=O)CCl)c2C)cc1C. The number of nitrogens with zero attached hydrogens (tertiary/aromatic N) is 2. The van der Waals surface area contributed by atoms with E-state index in [4.69, 9.17) is 11.6 Å².